The minimum absolute atomic E-state index is 0.367. The lowest BCUT2D eigenvalue weighted by Gasteiger charge is -2.32. The molecular weight excluding hydrogens is 233 g/mol. The summed E-state index contributed by atoms with van der Waals surface area (Å²) >= 11 is 0. The fourth-order valence-electron chi connectivity index (χ4n) is 1.98. The number of aliphatic hydroxyl groups excluding tert-OH is 1. The van der Waals surface area contributed by atoms with Crippen molar-refractivity contribution in [2.24, 2.45) is 0 Å². The van der Waals surface area contributed by atoms with Crippen LogP contribution < -0.4 is 4.90 Å². The van der Waals surface area contributed by atoms with Gasteiger partial charge in [-0.3, -0.25) is 0 Å². The summed E-state index contributed by atoms with van der Waals surface area (Å²) in [4.78, 5) is 1.93. The van der Waals surface area contributed by atoms with Gasteiger partial charge in [0.05, 0.1) is 11.7 Å². The van der Waals surface area contributed by atoms with Crippen LogP contribution in [0.15, 0.2) is 18.2 Å². The van der Waals surface area contributed by atoms with Gasteiger partial charge in [0.2, 0.25) is 0 Å². The monoisotopic (exact) mass is 255 g/mol. The molecule has 0 amide bonds. The van der Waals surface area contributed by atoms with E-state index in [4.69, 9.17) is 0 Å². The Kier molecular flexibility index (Phi) is 4.71. The van der Waals surface area contributed by atoms with Crippen molar-refractivity contribution >= 4 is 5.69 Å². The molecule has 1 aromatic carbocycles. The van der Waals surface area contributed by atoms with E-state index in [2.05, 4.69) is 0 Å². The number of anilines is 1. The number of rotatable bonds is 5. The molecule has 0 saturated carbocycles. The number of hydrogen-bond acceptors (Lipinski definition) is 3. The molecule has 0 spiro atoms. The second-order valence-electron chi connectivity index (χ2n) is 5.21. The summed E-state index contributed by atoms with van der Waals surface area (Å²) in [5.74, 6) is -0.367. The van der Waals surface area contributed by atoms with E-state index >= 15 is 0 Å². The second-order valence-corrected chi connectivity index (χ2v) is 5.21. The van der Waals surface area contributed by atoms with Gasteiger partial charge < -0.3 is 15.1 Å². The first-order valence-corrected chi connectivity index (χ1v) is 6.19. The normalized spacial score (nSPS) is 13.5. The van der Waals surface area contributed by atoms with Crippen LogP contribution in [0.3, 0.4) is 0 Å². The van der Waals surface area contributed by atoms with E-state index in [9.17, 15) is 14.6 Å². The molecule has 0 bridgehead atoms. The summed E-state index contributed by atoms with van der Waals surface area (Å²) < 4.78 is 13.2. The molecule has 0 unspecified atom stereocenters. The van der Waals surface area contributed by atoms with Gasteiger partial charge in [-0.15, -0.1) is 0 Å². The van der Waals surface area contributed by atoms with Crippen LogP contribution in [-0.4, -0.2) is 28.9 Å². The van der Waals surface area contributed by atoms with Gasteiger partial charge >= 0.3 is 0 Å². The molecule has 0 heterocycles. The molecule has 0 saturated heterocycles. The van der Waals surface area contributed by atoms with E-state index in [1.165, 1.54) is 12.1 Å². The topological polar surface area (TPSA) is 43.7 Å². The number of halogens is 1. The summed E-state index contributed by atoms with van der Waals surface area (Å²) in [7, 11) is 0. The maximum atomic E-state index is 13.2. The first-order chi connectivity index (χ1) is 8.24. The molecule has 2 N–H and O–H groups in total. The highest BCUT2D eigenvalue weighted by Gasteiger charge is 2.21. The summed E-state index contributed by atoms with van der Waals surface area (Å²) in [6, 6.07) is 4.36. The average molecular weight is 255 g/mol. The van der Waals surface area contributed by atoms with E-state index in [-0.39, 0.29) is 5.82 Å². The molecule has 0 radical (unpaired) electrons. The van der Waals surface area contributed by atoms with Gasteiger partial charge in [-0.25, -0.2) is 4.39 Å². The van der Waals surface area contributed by atoms with Crippen LogP contribution >= 0.6 is 0 Å². The predicted molar refractivity (Wildman–Crippen MR) is 71.2 cm³/mol. The molecule has 1 rings (SSSR count). The van der Waals surface area contributed by atoms with Gasteiger partial charge in [-0.05, 0) is 45.9 Å². The Bertz CT molecular complexity index is 399. The zero-order valence-corrected chi connectivity index (χ0v) is 11.4. The third kappa shape index (κ3) is 3.96. The molecule has 4 heteroatoms. The Morgan fingerprint density at radius 3 is 2.44 bits per heavy atom. The van der Waals surface area contributed by atoms with Crippen molar-refractivity contribution < 1.29 is 14.6 Å². The van der Waals surface area contributed by atoms with Crippen molar-refractivity contribution in [3.63, 3.8) is 0 Å². The fourth-order valence-corrected chi connectivity index (χ4v) is 1.98. The highest BCUT2D eigenvalue weighted by atomic mass is 19.1. The Morgan fingerprint density at radius 1 is 1.39 bits per heavy atom. The molecule has 0 aliphatic carbocycles. The number of hydrogen-bond donors (Lipinski definition) is 2. The van der Waals surface area contributed by atoms with Gasteiger partial charge in [-0.1, -0.05) is 0 Å². The van der Waals surface area contributed by atoms with E-state index in [1.807, 2.05) is 11.8 Å². The zero-order chi connectivity index (χ0) is 13.9. The van der Waals surface area contributed by atoms with Crippen LogP contribution in [0.2, 0.25) is 0 Å². The highest BCUT2D eigenvalue weighted by Crippen LogP contribution is 2.28. The molecule has 0 aromatic heterocycles. The smallest absolute Gasteiger partial charge is 0.123 e. The minimum Gasteiger partial charge on any atom is -0.389 e. The van der Waals surface area contributed by atoms with E-state index in [0.29, 0.717) is 18.7 Å². The molecule has 0 aliphatic rings. The highest BCUT2D eigenvalue weighted by molar-refractivity contribution is 5.55. The SMILES string of the molecule is CCN(CC(C)(C)O)c1ccc(F)cc1[C@@H](C)O. The molecule has 1 atom stereocenters. The van der Waals surface area contributed by atoms with Crippen LogP contribution in [0, 0.1) is 5.82 Å². The van der Waals surface area contributed by atoms with Crippen LogP contribution in [0.4, 0.5) is 10.1 Å². The number of likely N-dealkylation sites (N-methyl/N-ethyl adjacent to an activating group) is 1. The van der Waals surface area contributed by atoms with Crippen LogP contribution in [0.25, 0.3) is 0 Å². The van der Waals surface area contributed by atoms with Gasteiger partial charge in [0.25, 0.3) is 0 Å². The molecular formula is C14H22FNO2. The van der Waals surface area contributed by atoms with Crippen molar-refractivity contribution in [2.75, 3.05) is 18.0 Å². The third-order valence-corrected chi connectivity index (χ3v) is 2.74. The summed E-state index contributed by atoms with van der Waals surface area (Å²) in [5, 5.41) is 19.6. The Labute approximate surface area is 108 Å². The number of benzene rings is 1. The van der Waals surface area contributed by atoms with Crippen molar-refractivity contribution in [3.05, 3.63) is 29.6 Å². The van der Waals surface area contributed by atoms with Gasteiger partial charge in [0.15, 0.2) is 0 Å². The first kappa shape index (κ1) is 14.9. The minimum atomic E-state index is -0.847. The maximum absolute atomic E-state index is 13.2. The average Bonchev–Trinajstić information content (AvgIpc) is 2.24. The van der Waals surface area contributed by atoms with Crippen molar-refractivity contribution in [3.8, 4) is 0 Å². The molecule has 18 heavy (non-hydrogen) atoms. The van der Waals surface area contributed by atoms with Gasteiger partial charge in [-0.2, -0.15) is 0 Å². The standard InChI is InChI=1S/C14H22FNO2/c1-5-16(9-14(3,4)18)13-7-6-11(15)8-12(13)10(2)17/h6-8,10,17-18H,5,9H2,1-4H3/t10-/m1/s1. The summed E-state index contributed by atoms with van der Waals surface area (Å²) in [6.07, 6.45) is -0.744. The number of nitrogens with zero attached hydrogens (tertiary/aromatic N) is 1. The zero-order valence-electron chi connectivity index (χ0n) is 11.4. The first-order valence-electron chi connectivity index (χ1n) is 6.19. The predicted octanol–water partition coefficient (Wildman–Crippen LogP) is 2.48. The molecule has 3 nitrogen and oxygen atoms in total. The Hall–Kier alpha value is -1.13. The van der Waals surface area contributed by atoms with E-state index < -0.39 is 11.7 Å². The van der Waals surface area contributed by atoms with Gasteiger partial charge in [0.1, 0.15) is 5.82 Å². The lowest BCUT2D eigenvalue weighted by molar-refractivity contribution is 0.0873. The number of aliphatic hydroxyl groups is 2. The third-order valence-electron chi connectivity index (χ3n) is 2.74. The van der Waals surface area contributed by atoms with Crippen molar-refractivity contribution in [2.45, 2.75) is 39.4 Å². The Balaban J connectivity index is 3.12. The molecule has 102 valence electrons. The van der Waals surface area contributed by atoms with Crippen molar-refractivity contribution in [1.29, 1.82) is 0 Å². The lowest BCUT2D eigenvalue weighted by atomic mass is 10.0. The molecule has 0 fully saturated rings. The van der Waals surface area contributed by atoms with E-state index in [0.717, 1.165) is 5.69 Å². The lowest BCUT2D eigenvalue weighted by Crippen LogP contribution is -2.39. The van der Waals surface area contributed by atoms with Crippen LogP contribution in [0.1, 0.15) is 39.4 Å². The van der Waals surface area contributed by atoms with Crippen molar-refractivity contribution in [1.82, 2.24) is 0 Å². The largest absolute Gasteiger partial charge is 0.389 e. The fraction of sp³-hybridized carbons (Fsp3) is 0.571. The summed E-state index contributed by atoms with van der Waals surface area (Å²) in [5.41, 5.74) is 0.456. The van der Waals surface area contributed by atoms with Crippen LogP contribution in [-0.2, 0) is 0 Å². The summed E-state index contributed by atoms with van der Waals surface area (Å²) in [6.45, 7) is 8.11. The van der Waals surface area contributed by atoms with E-state index in [1.54, 1.807) is 26.8 Å². The van der Waals surface area contributed by atoms with Gasteiger partial charge in [0, 0.05) is 24.3 Å². The molecule has 0 aliphatic heterocycles. The molecule has 1 aromatic rings. The Morgan fingerprint density at radius 2 is 2.00 bits per heavy atom. The maximum Gasteiger partial charge on any atom is 0.123 e. The van der Waals surface area contributed by atoms with Crippen LogP contribution in [0.5, 0.6) is 0 Å². The second kappa shape index (κ2) is 5.67. The quantitative estimate of drug-likeness (QED) is 0.849.